The highest BCUT2D eigenvalue weighted by molar-refractivity contribution is 7.92. The highest BCUT2D eigenvalue weighted by Gasteiger charge is 2.43. The molecular formula is C24H40N2O6S. The molecule has 33 heavy (non-hydrogen) atoms. The standard InChI is InChI=1S/C24H40N2O6S/c1-3-13-24(14-9-15-24)23(29)20-10-8-11-21(19-20)26(33(2,30)31)25-16-7-5-4-6-12-22(28)32-18-17-27/h8,10-11,19,23,25,27,29H,3-7,9,12-18H2,1-2H3. The number of benzene rings is 1. The lowest BCUT2D eigenvalue weighted by molar-refractivity contribution is -0.144. The number of aliphatic hydroxyl groups is 2. The zero-order valence-corrected chi connectivity index (χ0v) is 20.8. The Bertz CT molecular complexity index is 841. The third-order valence-electron chi connectivity index (χ3n) is 6.35. The predicted molar refractivity (Wildman–Crippen MR) is 129 cm³/mol. The van der Waals surface area contributed by atoms with E-state index in [1.807, 2.05) is 6.07 Å². The van der Waals surface area contributed by atoms with Crippen molar-refractivity contribution in [1.29, 1.82) is 0 Å². The van der Waals surface area contributed by atoms with Crippen molar-refractivity contribution in [3.63, 3.8) is 0 Å². The molecular weight excluding hydrogens is 444 g/mol. The van der Waals surface area contributed by atoms with Gasteiger partial charge < -0.3 is 14.9 Å². The number of nitrogens with zero attached hydrogens (tertiary/aromatic N) is 1. The van der Waals surface area contributed by atoms with Gasteiger partial charge in [-0.25, -0.2) is 18.3 Å². The number of hydrogen-bond acceptors (Lipinski definition) is 7. The van der Waals surface area contributed by atoms with E-state index < -0.39 is 16.1 Å². The van der Waals surface area contributed by atoms with Crippen molar-refractivity contribution in [3.05, 3.63) is 29.8 Å². The second-order valence-electron chi connectivity index (χ2n) is 9.01. The Morgan fingerprint density at radius 3 is 2.58 bits per heavy atom. The van der Waals surface area contributed by atoms with E-state index in [2.05, 4.69) is 12.3 Å². The average Bonchev–Trinajstić information content (AvgIpc) is 2.75. The highest BCUT2D eigenvalue weighted by Crippen LogP contribution is 2.53. The SMILES string of the molecule is CCCC1(C(O)c2cccc(N(NCCCCCCC(=O)OCCO)S(C)(=O)=O)c2)CCC1. The zero-order chi connectivity index (χ0) is 24.3. The topological polar surface area (TPSA) is 116 Å². The zero-order valence-electron chi connectivity index (χ0n) is 20.0. The number of anilines is 1. The van der Waals surface area contributed by atoms with Crippen LogP contribution in [0.15, 0.2) is 24.3 Å². The Morgan fingerprint density at radius 1 is 1.24 bits per heavy atom. The molecule has 1 atom stereocenters. The normalized spacial score (nSPS) is 16.1. The number of hydrogen-bond donors (Lipinski definition) is 3. The lowest BCUT2D eigenvalue weighted by Crippen LogP contribution is -2.43. The van der Waals surface area contributed by atoms with Crippen LogP contribution in [0.4, 0.5) is 5.69 Å². The number of carbonyl (C=O) groups is 1. The van der Waals surface area contributed by atoms with E-state index in [1.54, 1.807) is 18.2 Å². The molecule has 1 aliphatic rings. The minimum absolute atomic E-state index is 0.0297. The molecule has 8 nitrogen and oxygen atoms in total. The van der Waals surface area contributed by atoms with Crippen LogP contribution in [0.1, 0.15) is 82.8 Å². The molecule has 1 aromatic carbocycles. The lowest BCUT2D eigenvalue weighted by Gasteiger charge is -2.46. The molecule has 0 heterocycles. The number of ether oxygens (including phenoxy) is 1. The summed E-state index contributed by atoms with van der Waals surface area (Å²) in [5.41, 5.74) is 4.16. The van der Waals surface area contributed by atoms with E-state index in [9.17, 15) is 18.3 Å². The maximum absolute atomic E-state index is 12.4. The lowest BCUT2D eigenvalue weighted by atomic mass is 9.61. The first-order chi connectivity index (χ1) is 15.7. The molecule has 0 radical (unpaired) electrons. The van der Waals surface area contributed by atoms with Gasteiger partial charge in [-0.2, -0.15) is 0 Å². The first-order valence-corrected chi connectivity index (χ1v) is 13.9. The van der Waals surface area contributed by atoms with Gasteiger partial charge in [0.2, 0.25) is 10.0 Å². The minimum atomic E-state index is -3.56. The average molecular weight is 485 g/mol. The van der Waals surface area contributed by atoms with E-state index in [0.717, 1.165) is 63.2 Å². The first-order valence-electron chi connectivity index (χ1n) is 12.0. The van der Waals surface area contributed by atoms with E-state index in [0.29, 0.717) is 25.1 Å². The molecule has 188 valence electrons. The van der Waals surface area contributed by atoms with Crippen LogP contribution in [0.5, 0.6) is 0 Å². The Hall–Kier alpha value is -1.68. The molecule has 0 saturated heterocycles. The van der Waals surface area contributed by atoms with Crippen LogP contribution in [-0.4, -0.2) is 50.6 Å². The van der Waals surface area contributed by atoms with Crippen LogP contribution >= 0.6 is 0 Å². The van der Waals surface area contributed by atoms with Crippen LogP contribution < -0.4 is 9.84 Å². The van der Waals surface area contributed by atoms with Crippen LogP contribution in [-0.2, 0) is 19.6 Å². The maximum Gasteiger partial charge on any atom is 0.305 e. The van der Waals surface area contributed by atoms with Crippen molar-refractivity contribution in [2.75, 3.05) is 30.4 Å². The predicted octanol–water partition coefficient (Wildman–Crippen LogP) is 3.45. The summed E-state index contributed by atoms with van der Waals surface area (Å²) in [6.45, 7) is 2.45. The Balaban J connectivity index is 1.90. The van der Waals surface area contributed by atoms with E-state index in [-0.39, 0.29) is 24.6 Å². The van der Waals surface area contributed by atoms with Gasteiger partial charge >= 0.3 is 5.97 Å². The van der Waals surface area contributed by atoms with Crippen molar-refractivity contribution >= 4 is 21.7 Å². The summed E-state index contributed by atoms with van der Waals surface area (Å²) < 4.78 is 30.9. The molecule has 2 rings (SSSR count). The molecule has 1 saturated carbocycles. The summed E-state index contributed by atoms with van der Waals surface area (Å²) in [5, 5.41) is 19.7. The van der Waals surface area contributed by atoms with Crippen LogP contribution in [0.25, 0.3) is 0 Å². The quantitative estimate of drug-likeness (QED) is 0.187. The summed E-state index contributed by atoms with van der Waals surface area (Å²) in [6, 6.07) is 7.17. The van der Waals surface area contributed by atoms with Crippen LogP contribution in [0, 0.1) is 5.41 Å². The van der Waals surface area contributed by atoms with E-state index >= 15 is 0 Å². The van der Waals surface area contributed by atoms with Crippen LogP contribution in [0.2, 0.25) is 0 Å². The molecule has 0 spiro atoms. The number of unbranched alkanes of at least 4 members (excludes halogenated alkanes) is 3. The van der Waals surface area contributed by atoms with Gasteiger partial charge in [0, 0.05) is 18.4 Å². The fourth-order valence-electron chi connectivity index (χ4n) is 4.52. The molecule has 9 heteroatoms. The van der Waals surface area contributed by atoms with Gasteiger partial charge in [0.15, 0.2) is 0 Å². The molecule has 1 unspecified atom stereocenters. The Kier molecular flexibility index (Phi) is 11.1. The molecule has 1 aromatic rings. The fourth-order valence-corrected chi connectivity index (χ4v) is 5.35. The molecule has 1 fully saturated rings. The molecule has 0 amide bonds. The molecule has 0 aromatic heterocycles. The first kappa shape index (κ1) is 27.6. The van der Waals surface area contributed by atoms with E-state index in [1.165, 1.54) is 4.41 Å². The summed E-state index contributed by atoms with van der Waals surface area (Å²) in [6.07, 6.45) is 9.09. The molecule has 3 N–H and O–H groups in total. The van der Waals surface area contributed by atoms with Gasteiger partial charge in [0.25, 0.3) is 0 Å². The van der Waals surface area contributed by atoms with Gasteiger partial charge in [0.1, 0.15) is 6.61 Å². The van der Waals surface area contributed by atoms with Gasteiger partial charge in [-0.05, 0) is 49.8 Å². The second kappa shape index (κ2) is 13.3. The van der Waals surface area contributed by atoms with Gasteiger partial charge in [-0.3, -0.25) is 4.79 Å². The maximum atomic E-state index is 12.4. The Labute approximate surface area is 198 Å². The van der Waals surface area contributed by atoms with Crippen molar-refractivity contribution in [2.24, 2.45) is 5.41 Å². The summed E-state index contributed by atoms with van der Waals surface area (Å²) in [5.74, 6) is -0.310. The highest BCUT2D eigenvalue weighted by atomic mass is 32.2. The number of aliphatic hydroxyl groups excluding tert-OH is 2. The Morgan fingerprint density at radius 2 is 1.97 bits per heavy atom. The number of hydrazine groups is 1. The van der Waals surface area contributed by atoms with Gasteiger partial charge in [-0.1, -0.05) is 44.7 Å². The summed E-state index contributed by atoms with van der Waals surface area (Å²) >= 11 is 0. The van der Waals surface area contributed by atoms with Gasteiger partial charge in [-0.15, -0.1) is 0 Å². The number of carbonyl (C=O) groups excluding carboxylic acids is 1. The van der Waals surface area contributed by atoms with E-state index in [4.69, 9.17) is 9.84 Å². The third-order valence-corrected chi connectivity index (χ3v) is 7.35. The summed E-state index contributed by atoms with van der Waals surface area (Å²) in [4.78, 5) is 11.4. The van der Waals surface area contributed by atoms with Crippen LogP contribution in [0.3, 0.4) is 0 Å². The van der Waals surface area contributed by atoms with Crippen molar-refractivity contribution in [2.45, 2.75) is 77.2 Å². The smallest absolute Gasteiger partial charge is 0.305 e. The van der Waals surface area contributed by atoms with Crippen molar-refractivity contribution < 1.29 is 28.2 Å². The minimum Gasteiger partial charge on any atom is -0.463 e. The van der Waals surface area contributed by atoms with Crippen molar-refractivity contribution in [1.82, 2.24) is 5.43 Å². The number of sulfonamides is 1. The number of nitrogens with one attached hydrogen (secondary N) is 1. The molecule has 0 aliphatic heterocycles. The third kappa shape index (κ3) is 8.24. The molecule has 1 aliphatic carbocycles. The van der Waals surface area contributed by atoms with Crippen molar-refractivity contribution in [3.8, 4) is 0 Å². The monoisotopic (exact) mass is 484 g/mol. The largest absolute Gasteiger partial charge is 0.463 e. The second-order valence-corrected chi connectivity index (χ2v) is 10.8. The fraction of sp³-hybridized carbons (Fsp3) is 0.708. The number of rotatable bonds is 16. The summed E-state index contributed by atoms with van der Waals surface area (Å²) in [7, 11) is -3.56. The molecule has 0 bridgehead atoms. The number of esters is 1. The van der Waals surface area contributed by atoms with Gasteiger partial charge in [0.05, 0.1) is 24.7 Å².